The number of benzene rings is 2. The molecule has 0 unspecified atom stereocenters. The van der Waals surface area contributed by atoms with Crippen molar-refractivity contribution in [1.82, 2.24) is 10.2 Å². The number of nitrogens with one attached hydrogen (secondary N) is 1. The molecule has 0 heterocycles. The summed E-state index contributed by atoms with van der Waals surface area (Å²) < 4.78 is 37.6. The van der Waals surface area contributed by atoms with Crippen LogP contribution in [0.25, 0.3) is 0 Å². The molecule has 4 nitrogen and oxygen atoms in total. The SMILES string of the molecule is CC(=O)N(CCNC(=O)c1ccc(C(F)(F)F)cc1)Cc1ccc(Cl)cc1. The molecule has 0 aromatic heterocycles. The van der Waals surface area contributed by atoms with E-state index in [1.807, 2.05) is 0 Å². The molecule has 0 radical (unpaired) electrons. The topological polar surface area (TPSA) is 49.4 Å². The molecule has 2 amide bonds. The molecule has 2 aromatic rings. The van der Waals surface area contributed by atoms with E-state index in [0.717, 1.165) is 29.8 Å². The first-order chi connectivity index (χ1) is 12.7. The second-order valence-electron chi connectivity index (χ2n) is 5.90. The van der Waals surface area contributed by atoms with Crippen molar-refractivity contribution in [2.45, 2.75) is 19.6 Å². The quantitative estimate of drug-likeness (QED) is 0.795. The minimum absolute atomic E-state index is 0.120. The lowest BCUT2D eigenvalue weighted by molar-refractivity contribution is -0.137. The van der Waals surface area contributed by atoms with Gasteiger partial charge in [-0.15, -0.1) is 0 Å². The summed E-state index contributed by atoms with van der Waals surface area (Å²) >= 11 is 5.83. The second kappa shape index (κ2) is 8.90. The zero-order valence-corrected chi connectivity index (χ0v) is 15.3. The Kier molecular flexibility index (Phi) is 6.85. The molecule has 0 spiro atoms. The molecule has 8 heteroatoms. The van der Waals surface area contributed by atoms with Gasteiger partial charge in [-0.1, -0.05) is 23.7 Å². The highest BCUT2D eigenvalue weighted by atomic mass is 35.5. The van der Waals surface area contributed by atoms with E-state index >= 15 is 0 Å². The number of halogens is 4. The summed E-state index contributed by atoms with van der Waals surface area (Å²) in [5.74, 6) is -0.660. The van der Waals surface area contributed by atoms with Gasteiger partial charge in [-0.05, 0) is 42.0 Å². The van der Waals surface area contributed by atoms with Crippen LogP contribution in [0.4, 0.5) is 13.2 Å². The Balaban J connectivity index is 1.89. The van der Waals surface area contributed by atoms with Gasteiger partial charge in [0.15, 0.2) is 0 Å². The Morgan fingerprint density at radius 1 is 1.04 bits per heavy atom. The highest BCUT2D eigenvalue weighted by Gasteiger charge is 2.30. The summed E-state index contributed by atoms with van der Waals surface area (Å²) in [6.07, 6.45) is -4.45. The Labute approximate surface area is 159 Å². The highest BCUT2D eigenvalue weighted by molar-refractivity contribution is 6.30. The zero-order chi connectivity index (χ0) is 20.0. The van der Waals surface area contributed by atoms with E-state index in [-0.39, 0.29) is 24.6 Å². The number of amides is 2. The number of carbonyl (C=O) groups is 2. The number of alkyl halides is 3. The third-order valence-corrected chi connectivity index (χ3v) is 4.13. The van der Waals surface area contributed by atoms with Gasteiger partial charge in [-0.2, -0.15) is 13.2 Å². The molecule has 0 aliphatic carbocycles. The zero-order valence-electron chi connectivity index (χ0n) is 14.5. The van der Waals surface area contributed by atoms with Crippen LogP contribution in [0.1, 0.15) is 28.4 Å². The molecule has 144 valence electrons. The number of hydrogen-bond donors (Lipinski definition) is 1. The van der Waals surface area contributed by atoms with Crippen LogP contribution >= 0.6 is 11.6 Å². The molecule has 2 rings (SSSR count). The Bertz CT molecular complexity index is 790. The molecular weight excluding hydrogens is 381 g/mol. The summed E-state index contributed by atoms with van der Waals surface area (Å²) in [7, 11) is 0. The van der Waals surface area contributed by atoms with Crippen LogP contribution in [0.3, 0.4) is 0 Å². The molecule has 0 atom stereocenters. The summed E-state index contributed by atoms with van der Waals surface area (Å²) in [4.78, 5) is 25.4. The maximum Gasteiger partial charge on any atom is 0.416 e. The maximum atomic E-state index is 12.5. The average Bonchev–Trinajstić information content (AvgIpc) is 2.61. The van der Waals surface area contributed by atoms with E-state index < -0.39 is 17.6 Å². The maximum absolute atomic E-state index is 12.5. The number of rotatable bonds is 6. The summed E-state index contributed by atoms with van der Waals surface area (Å²) in [5, 5.41) is 3.20. The molecule has 1 N–H and O–H groups in total. The van der Waals surface area contributed by atoms with Gasteiger partial charge in [-0.3, -0.25) is 9.59 Å². The van der Waals surface area contributed by atoms with Gasteiger partial charge in [0.1, 0.15) is 0 Å². The predicted octanol–water partition coefficient (Wildman–Crippen LogP) is 4.14. The first-order valence-corrected chi connectivity index (χ1v) is 8.50. The second-order valence-corrected chi connectivity index (χ2v) is 6.33. The fraction of sp³-hybridized carbons (Fsp3) is 0.263. The van der Waals surface area contributed by atoms with Crippen LogP contribution in [0.5, 0.6) is 0 Å². The lowest BCUT2D eigenvalue weighted by atomic mass is 10.1. The van der Waals surface area contributed by atoms with E-state index in [1.54, 1.807) is 29.2 Å². The summed E-state index contributed by atoms with van der Waals surface area (Å²) in [6, 6.07) is 11.0. The van der Waals surface area contributed by atoms with E-state index in [1.165, 1.54) is 6.92 Å². The summed E-state index contributed by atoms with van der Waals surface area (Å²) in [5.41, 5.74) is 0.198. The van der Waals surface area contributed by atoms with Crippen molar-refractivity contribution in [3.63, 3.8) is 0 Å². The van der Waals surface area contributed by atoms with Crippen molar-refractivity contribution >= 4 is 23.4 Å². The largest absolute Gasteiger partial charge is 0.416 e. The smallest absolute Gasteiger partial charge is 0.350 e. The van der Waals surface area contributed by atoms with E-state index in [4.69, 9.17) is 11.6 Å². The molecule has 0 aliphatic rings. The fourth-order valence-corrected chi connectivity index (χ4v) is 2.50. The van der Waals surface area contributed by atoms with Crippen LogP contribution in [0.15, 0.2) is 48.5 Å². The Hall–Kier alpha value is -2.54. The number of hydrogen-bond acceptors (Lipinski definition) is 2. The minimum atomic E-state index is -4.45. The lowest BCUT2D eigenvalue weighted by Crippen LogP contribution is -2.37. The third kappa shape index (κ3) is 6.29. The van der Waals surface area contributed by atoms with E-state index in [2.05, 4.69) is 5.32 Å². The van der Waals surface area contributed by atoms with Crippen molar-refractivity contribution in [3.8, 4) is 0 Å². The summed E-state index contributed by atoms with van der Waals surface area (Å²) in [6.45, 7) is 2.23. The van der Waals surface area contributed by atoms with Crippen molar-refractivity contribution < 1.29 is 22.8 Å². The van der Waals surface area contributed by atoms with E-state index in [0.29, 0.717) is 11.6 Å². The van der Waals surface area contributed by atoms with Crippen molar-refractivity contribution in [3.05, 3.63) is 70.2 Å². The van der Waals surface area contributed by atoms with Crippen LogP contribution in [-0.4, -0.2) is 29.8 Å². The van der Waals surface area contributed by atoms with Gasteiger partial charge in [-0.25, -0.2) is 0 Å². The van der Waals surface area contributed by atoms with Crippen molar-refractivity contribution in [2.75, 3.05) is 13.1 Å². The minimum Gasteiger partial charge on any atom is -0.350 e. The molecule has 0 saturated carbocycles. The highest BCUT2D eigenvalue weighted by Crippen LogP contribution is 2.29. The van der Waals surface area contributed by atoms with Crippen molar-refractivity contribution in [1.29, 1.82) is 0 Å². The van der Waals surface area contributed by atoms with E-state index in [9.17, 15) is 22.8 Å². The van der Waals surface area contributed by atoms with Crippen LogP contribution in [0, 0.1) is 0 Å². The Morgan fingerprint density at radius 2 is 1.63 bits per heavy atom. The van der Waals surface area contributed by atoms with Gasteiger partial charge in [0.2, 0.25) is 5.91 Å². The third-order valence-electron chi connectivity index (χ3n) is 3.87. The average molecular weight is 399 g/mol. The molecule has 0 aliphatic heterocycles. The predicted molar refractivity (Wildman–Crippen MR) is 96.3 cm³/mol. The van der Waals surface area contributed by atoms with Crippen LogP contribution < -0.4 is 5.32 Å². The van der Waals surface area contributed by atoms with Crippen LogP contribution in [-0.2, 0) is 17.5 Å². The molecular formula is C19H18ClF3N2O2. The molecule has 0 bridgehead atoms. The molecule has 0 fully saturated rings. The number of nitrogens with zero attached hydrogens (tertiary/aromatic N) is 1. The van der Waals surface area contributed by atoms with Gasteiger partial charge in [0.25, 0.3) is 5.91 Å². The lowest BCUT2D eigenvalue weighted by Gasteiger charge is -2.21. The fourth-order valence-electron chi connectivity index (χ4n) is 2.38. The number of carbonyl (C=O) groups excluding carboxylic acids is 2. The van der Waals surface area contributed by atoms with Crippen LogP contribution in [0.2, 0.25) is 5.02 Å². The monoisotopic (exact) mass is 398 g/mol. The van der Waals surface area contributed by atoms with Gasteiger partial charge < -0.3 is 10.2 Å². The van der Waals surface area contributed by atoms with Gasteiger partial charge in [0, 0.05) is 37.1 Å². The first-order valence-electron chi connectivity index (χ1n) is 8.12. The van der Waals surface area contributed by atoms with Gasteiger partial charge in [0.05, 0.1) is 5.56 Å². The molecule has 0 saturated heterocycles. The standard InChI is InChI=1S/C19H18ClF3N2O2/c1-13(26)25(12-14-2-8-17(20)9-3-14)11-10-24-18(27)15-4-6-16(7-5-15)19(21,22)23/h2-9H,10-12H2,1H3,(H,24,27). The molecule has 2 aromatic carbocycles. The van der Waals surface area contributed by atoms with Crippen molar-refractivity contribution in [2.24, 2.45) is 0 Å². The van der Waals surface area contributed by atoms with Gasteiger partial charge >= 0.3 is 6.18 Å². The molecule has 27 heavy (non-hydrogen) atoms. The Morgan fingerprint density at radius 3 is 2.15 bits per heavy atom. The normalized spacial score (nSPS) is 11.1. The first kappa shape index (κ1) is 20.8.